The molecule has 100 valence electrons. The molecule has 0 amide bonds. The van der Waals surface area contributed by atoms with Crippen LogP contribution in [0.15, 0.2) is 28.7 Å². The normalized spacial score (nSPS) is 10.3. The number of nitrogens with zero attached hydrogens (tertiary/aromatic N) is 3. The van der Waals surface area contributed by atoms with E-state index in [0.29, 0.717) is 12.6 Å². The molecule has 1 aromatic heterocycles. The van der Waals surface area contributed by atoms with Gasteiger partial charge in [0.2, 0.25) is 11.2 Å². The number of anilines is 2. The van der Waals surface area contributed by atoms with Gasteiger partial charge in [-0.1, -0.05) is 22.9 Å². The zero-order valence-electron chi connectivity index (χ0n) is 10.2. The van der Waals surface area contributed by atoms with E-state index in [0.717, 1.165) is 16.6 Å². The van der Waals surface area contributed by atoms with E-state index < -0.39 is 0 Å². The lowest BCUT2D eigenvalue weighted by atomic mass is 10.3. The SMILES string of the molecule is CCCOc1nc(Cl)nc(Nc2ccc(Br)cc2)n1. The van der Waals surface area contributed by atoms with Crippen molar-refractivity contribution < 1.29 is 4.74 Å². The lowest BCUT2D eigenvalue weighted by Crippen LogP contribution is -2.04. The summed E-state index contributed by atoms with van der Waals surface area (Å²) in [5.41, 5.74) is 0.854. The second-order valence-electron chi connectivity index (χ2n) is 3.69. The Morgan fingerprint density at radius 3 is 2.63 bits per heavy atom. The minimum absolute atomic E-state index is 0.0979. The highest BCUT2D eigenvalue weighted by molar-refractivity contribution is 9.10. The maximum atomic E-state index is 5.83. The second-order valence-corrected chi connectivity index (χ2v) is 4.94. The van der Waals surface area contributed by atoms with E-state index in [2.05, 4.69) is 36.2 Å². The van der Waals surface area contributed by atoms with Gasteiger partial charge in [0.25, 0.3) is 0 Å². The van der Waals surface area contributed by atoms with Gasteiger partial charge in [0.1, 0.15) is 0 Å². The van der Waals surface area contributed by atoms with Crippen LogP contribution in [-0.4, -0.2) is 21.6 Å². The number of hydrogen-bond donors (Lipinski definition) is 1. The molecule has 0 saturated heterocycles. The molecule has 0 aliphatic heterocycles. The van der Waals surface area contributed by atoms with Crippen LogP contribution < -0.4 is 10.1 Å². The Balaban J connectivity index is 2.15. The largest absolute Gasteiger partial charge is 0.463 e. The summed E-state index contributed by atoms with van der Waals surface area (Å²) in [6.45, 7) is 2.54. The molecule has 19 heavy (non-hydrogen) atoms. The first-order valence-corrected chi connectivity index (χ1v) is 6.91. The highest BCUT2D eigenvalue weighted by atomic mass is 79.9. The fraction of sp³-hybridized carbons (Fsp3) is 0.250. The zero-order chi connectivity index (χ0) is 13.7. The summed E-state index contributed by atoms with van der Waals surface area (Å²) in [5.74, 6) is 0.355. The summed E-state index contributed by atoms with van der Waals surface area (Å²) in [4.78, 5) is 12.0. The molecule has 2 aromatic rings. The molecular weight excluding hydrogens is 332 g/mol. The van der Waals surface area contributed by atoms with Crippen molar-refractivity contribution in [1.29, 1.82) is 0 Å². The molecule has 1 aromatic carbocycles. The molecule has 0 fully saturated rings. The van der Waals surface area contributed by atoms with Gasteiger partial charge in [-0.15, -0.1) is 0 Å². The lowest BCUT2D eigenvalue weighted by Gasteiger charge is -2.07. The summed E-state index contributed by atoms with van der Waals surface area (Å²) in [6.07, 6.45) is 0.874. The molecule has 0 bridgehead atoms. The highest BCUT2D eigenvalue weighted by Crippen LogP contribution is 2.19. The van der Waals surface area contributed by atoms with Gasteiger partial charge < -0.3 is 10.1 Å². The highest BCUT2D eigenvalue weighted by Gasteiger charge is 2.06. The third-order valence-electron chi connectivity index (χ3n) is 2.12. The van der Waals surface area contributed by atoms with Gasteiger partial charge in [0, 0.05) is 10.2 Å². The molecule has 0 aliphatic carbocycles. The van der Waals surface area contributed by atoms with Crippen LogP contribution in [0, 0.1) is 0 Å². The smallest absolute Gasteiger partial charge is 0.322 e. The summed E-state index contributed by atoms with van der Waals surface area (Å²) < 4.78 is 6.34. The number of ether oxygens (including phenoxy) is 1. The Labute approximate surface area is 124 Å². The first kappa shape index (κ1) is 14.0. The standard InChI is InChI=1S/C12H12BrClN4O/c1-2-7-19-12-17-10(14)16-11(18-12)15-9-5-3-8(13)4-6-9/h3-6H,2,7H2,1H3,(H,15,16,17,18). The predicted octanol–water partition coefficient (Wildman–Crippen LogP) is 3.82. The van der Waals surface area contributed by atoms with Gasteiger partial charge in [-0.2, -0.15) is 15.0 Å². The average Bonchev–Trinajstić information content (AvgIpc) is 2.38. The molecule has 1 N–H and O–H groups in total. The van der Waals surface area contributed by atoms with Crippen LogP contribution in [0.1, 0.15) is 13.3 Å². The van der Waals surface area contributed by atoms with Crippen LogP contribution in [0.2, 0.25) is 5.28 Å². The van der Waals surface area contributed by atoms with Crippen molar-refractivity contribution in [3.05, 3.63) is 34.0 Å². The van der Waals surface area contributed by atoms with Crippen LogP contribution in [0.25, 0.3) is 0 Å². The van der Waals surface area contributed by atoms with E-state index in [1.807, 2.05) is 31.2 Å². The van der Waals surface area contributed by atoms with Crippen molar-refractivity contribution >= 4 is 39.2 Å². The second kappa shape index (κ2) is 6.68. The number of benzene rings is 1. The van der Waals surface area contributed by atoms with Crippen molar-refractivity contribution in [2.24, 2.45) is 0 Å². The van der Waals surface area contributed by atoms with Crippen LogP contribution in [0.3, 0.4) is 0 Å². The third-order valence-corrected chi connectivity index (χ3v) is 2.82. The van der Waals surface area contributed by atoms with E-state index in [9.17, 15) is 0 Å². The molecular formula is C12H12BrClN4O. The predicted molar refractivity (Wildman–Crippen MR) is 78.0 cm³/mol. The number of hydrogen-bond acceptors (Lipinski definition) is 5. The molecule has 0 radical (unpaired) electrons. The molecule has 0 aliphatic rings. The maximum Gasteiger partial charge on any atom is 0.322 e. The van der Waals surface area contributed by atoms with Gasteiger partial charge in [-0.25, -0.2) is 0 Å². The molecule has 7 heteroatoms. The first-order chi connectivity index (χ1) is 9.17. The van der Waals surface area contributed by atoms with Crippen LogP contribution in [0.4, 0.5) is 11.6 Å². The van der Waals surface area contributed by atoms with Crippen molar-refractivity contribution in [2.75, 3.05) is 11.9 Å². The van der Waals surface area contributed by atoms with Gasteiger partial charge in [-0.05, 0) is 42.3 Å². The van der Waals surface area contributed by atoms with Gasteiger partial charge >= 0.3 is 6.01 Å². The van der Waals surface area contributed by atoms with Crippen molar-refractivity contribution in [3.63, 3.8) is 0 Å². The molecule has 2 rings (SSSR count). The Morgan fingerprint density at radius 1 is 1.21 bits per heavy atom. The quantitative estimate of drug-likeness (QED) is 0.894. The minimum Gasteiger partial charge on any atom is -0.463 e. The average molecular weight is 344 g/mol. The van der Waals surface area contributed by atoms with Gasteiger partial charge in [0.05, 0.1) is 6.61 Å². The lowest BCUT2D eigenvalue weighted by molar-refractivity contribution is 0.292. The topological polar surface area (TPSA) is 59.9 Å². The van der Waals surface area contributed by atoms with E-state index in [-0.39, 0.29) is 11.3 Å². The van der Waals surface area contributed by atoms with Crippen LogP contribution >= 0.6 is 27.5 Å². The Hall–Kier alpha value is -1.40. The van der Waals surface area contributed by atoms with Crippen LogP contribution in [-0.2, 0) is 0 Å². The number of nitrogens with one attached hydrogen (secondary N) is 1. The minimum atomic E-state index is 0.0979. The molecule has 1 heterocycles. The monoisotopic (exact) mass is 342 g/mol. The fourth-order valence-corrected chi connectivity index (χ4v) is 1.72. The summed E-state index contributed by atoms with van der Waals surface area (Å²) >= 11 is 9.20. The van der Waals surface area contributed by atoms with E-state index in [1.165, 1.54) is 0 Å². The Morgan fingerprint density at radius 2 is 1.95 bits per heavy atom. The number of halogens is 2. The first-order valence-electron chi connectivity index (χ1n) is 5.74. The fourth-order valence-electron chi connectivity index (χ4n) is 1.31. The van der Waals surface area contributed by atoms with Crippen molar-refractivity contribution in [2.45, 2.75) is 13.3 Å². The zero-order valence-corrected chi connectivity index (χ0v) is 12.6. The molecule has 0 unspecified atom stereocenters. The Kier molecular flexibility index (Phi) is 4.93. The van der Waals surface area contributed by atoms with E-state index in [4.69, 9.17) is 16.3 Å². The molecule has 0 saturated carbocycles. The van der Waals surface area contributed by atoms with E-state index >= 15 is 0 Å². The molecule has 0 atom stereocenters. The van der Waals surface area contributed by atoms with E-state index in [1.54, 1.807) is 0 Å². The summed E-state index contributed by atoms with van der Waals surface area (Å²) in [6, 6.07) is 7.85. The summed E-state index contributed by atoms with van der Waals surface area (Å²) in [5, 5.41) is 3.14. The van der Waals surface area contributed by atoms with Crippen LogP contribution in [0.5, 0.6) is 6.01 Å². The molecule has 5 nitrogen and oxygen atoms in total. The van der Waals surface area contributed by atoms with Gasteiger partial charge in [-0.3, -0.25) is 0 Å². The number of aromatic nitrogens is 3. The molecule has 0 spiro atoms. The maximum absolute atomic E-state index is 5.83. The van der Waals surface area contributed by atoms with Crippen molar-refractivity contribution in [3.8, 4) is 6.01 Å². The number of rotatable bonds is 5. The van der Waals surface area contributed by atoms with Crippen molar-refractivity contribution in [1.82, 2.24) is 15.0 Å². The third kappa shape index (κ3) is 4.33. The summed E-state index contributed by atoms with van der Waals surface area (Å²) in [7, 11) is 0. The Bertz CT molecular complexity index is 550. The van der Waals surface area contributed by atoms with Gasteiger partial charge in [0.15, 0.2) is 0 Å².